The zero-order valence-electron chi connectivity index (χ0n) is 10.1. The van der Waals surface area contributed by atoms with Gasteiger partial charge in [0.25, 0.3) is 0 Å². The minimum Gasteiger partial charge on any atom is -0.309 e. The van der Waals surface area contributed by atoms with Crippen molar-refractivity contribution in [1.29, 1.82) is 0 Å². The van der Waals surface area contributed by atoms with Crippen molar-refractivity contribution >= 4 is 5.78 Å². The van der Waals surface area contributed by atoms with Crippen LogP contribution in [0.5, 0.6) is 0 Å². The summed E-state index contributed by atoms with van der Waals surface area (Å²) in [5.41, 5.74) is 2.34. The molecule has 2 aliphatic rings. The standard InChI is InChI=1S/C13H19N3O/c17-13(10-3-1-2-4-10)7-11-8-15-16-6-5-14-9-12(11)16/h8,10,14H,1-7,9H2. The third-order valence-electron chi connectivity index (χ3n) is 4.00. The maximum Gasteiger partial charge on any atom is 0.140 e. The van der Waals surface area contributed by atoms with Crippen LogP contribution in [0.2, 0.25) is 0 Å². The molecule has 0 spiro atoms. The molecule has 1 fully saturated rings. The molecular weight excluding hydrogens is 214 g/mol. The lowest BCUT2D eigenvalue weighted by Gasteiger charge is -2.16. The summed E-state index contributed by atoms with van der Waals surface area (Å²) in [6, 6.07) is 0. The van der Waals surface area contributed by atoms with Crippen LogP contribution in [0, 0.1) is 5.92 Å². The number of fused-ring (bicyclic) bond motifs is 1. The van der Waals surface area contributed by atoms with Crippen LogP contribution in [0.15, 0.2) is 6.20 Å². The Labute approximate surface area is 101 Å². The first-order chi connectivity index (χ1) is 8.34. The normalized spacial score (nSPS) is 20.5. The number of nitrogens with one attached hydrogen (secondary N) is 1. The van der Waals surface area contributed by atoms with Gasteiger partial charge in [-0.1, -0.05) is 12.8 Å². The van der Waals surface area contributed by atoms with Crippen molar-refractivity contribution in [2.75, 3.05) is 6.54 Å². The summed E-state index contributed by atoms with van der Waals surface area (Å²) in [6.45, 7) is 2.75. The van der Waals surface area contributed by atoms with Crippen LogP contribution in [0.1, 0.15) is 36.9 Å². The molecule has 3 rings (SSSR count). The van der Waals surface area contributed by atoms with Crippen molar-refractivity contribution in [3.63, 3.8) is 0 Å². The molecule has 4 heteroatoms. The van der Waals surface area contributed by atoms with Crippen LogP contribution in [0.3, 0.4) is 0 Å². The van der Waals surface area contributed by atoms with E-state index in [2.05, 4.69) is 10.4 Å². The molecule has 0 saturated heterocycles. The van der Waals surface area contributed by atoms with Crippen LogP contribution in [0.25, 0.3) is 0 Å². The van der Waals surface area contributed by atoms with Gasteiger partial charge in [0.05, 0.1) is 18.4 Å². The second kappa shape index (κ2) is 4.61. The van der Waals surface area contributed by atoms with Crippen LogP contribution in [0.4, 0.5) is 0 Å². The lowest BCUT2D eigenvalue weighted by Crippen LogP contribution is -2.29. The number of rotatable bonds is 3. The van der Waals surface area contributed by atoms with Crippen molar-refractivity contribution in [2.24, 2.45) is 5.92 Å². The second-order valence-electron chi connectivity index (χ2n) is 5.14. The summed E-state index contributed by atoms with van der Waals surface area (Å²) in [7, 11) is 0. The molecule has 1 aliphatic carbocycles. The Kier molecular flexibility index (Phi) is 2.97. The first-order valence-corrected chi connectivity index (χ1v) is 6.61. The van der Waals surface area contributed by atoms with Gasteiger partial charge < -0.3 is 5.32 Å². The summed E-state index contributed by atoms with van der Waals surface area (Å²) in [6.07, 6.45) is 7.12. The zero-order valence-corrected chi connectivity index (χ0v) is 10.1. The third-order valence-corrected chi connectivity index (χ3v) is 4.00. The summed E-state index contributed by atoms with van der Waals surface area (Å²) in [5.74, 6) is 0.742. The number of carbonyl (C=O) groups is 1. The summed E-state index contributed by atoms with van der Waals surface area (Å²) in [4.78, 5) is 12.1. The van der Waals surface area contributed by atoms with Gasteiger partial charge in [-0.15, -0.1) is 0 Å². The molecule has 1 aliphatic heterocycles. The Hall–Kier alpha value is -1.16. The molecule has 0 atom stereocenters. The molecule has 2 heterocycles. The molecule has 1 N–H and O–H groups in total. The monoisotopic (exact) mass is 233 g/mol. The van der Waals surface area contributed by atoms with Gasteiger partial charge in [-0.25, -0.2) is 0 Å². The molecule has 0 unspecified atom stereocenters. The first kappa shape index (κ1) is 11.0. The first-order valence-electron chi connectivity index (χ1n) is 6.61. The predicted octanol–water partition coefficient (Wildman–Crippen LogP) is 1.29. The van der Waals surface area contributed by atoms with Gasteiger partial charge in [0.15, 0.2) is 0 Å². The van der Waals surface area contributed by atoms with Crippen LogP contribution >= 0.6 is 0 Å². The van der Waals surface area contributed by atoms with Crippen molar-refractivity contribution in [2.45, 2.75) is 45.2 Å². The Morgan fingerprint density at radius 3 is 3.12 bits per heavy atom. The molecule has 17 heavy (non-hydrogen) atoms. The van der Waals surface area contributed by atoms with E-state index in [9.17, 15) is 4.79 Å². The maximum absolute atomic E-state index is 12.1. The van der Waals surface area contributed by atoms with E-state index in [0.717, 1.165) is 38.0 Å². The van der Waals surface area contributed by atoms with Crippen molar-refractivity contribution in [3.05, 3.63) is 17.5 Å². The number of carbonyl (C=O) groups excluding carboxylic acids is 1. The van der Waals surface area contributed by atoms with Crippen LogP contribution in [-0.4, -0.2) is 22.1 Å². The Morgan fingerprint density at radius 1 is 1.47 bits per heavy atom. The highest BCUT2D eigenvalue weighted by molar-refractivity contribution is 5.83. The van der Waals surface area contributed by atoms with Gasteiger partial charge in [-0.3, -0.25) is 9.48 Å². The van der Waals surface area contributed by atoms with Gasteiger partial charge in [0, 0.05) is 31.0 Å². The molecule has 0 aromatic carbocycles. The van der Waals surface area contributed by atoms with E-state index in [1.807, 2.05) is 10.9 Å². The highest BCUT2D eigenvalue weighted by atomic mass is 16.1. The van der Waals surface area contributed by atoms with E-state index in [1.54, 1.807) is 0 Å². The summed E-state index contributed by atoms with van der Waals surface area (Å²) in [5, 5.41) is 7.70. The lowest BCUT2D eigenvalue weighted by atomic mass is 9.96. The second-order valence-corrected chi connectivity index (χ2v) is 5.14. The fraction of sp³-hybridized carbons (Fsp3) is 0.692. The molecule has 1 saturated carbocycles. The quantitative estimate of drug-likeness (QED) is 0.855. The molecule has 4 nitrogen and oxygen atoms in total. The summed E-state index contributed by atoms with van der Waals surface area (Å²) < 4.78 is 2.04. The molecule has 0 amide bonds. The molecule has 1 aromatic rings. The molecule has 0 bridgehead atoms. The van der Waals surface area contributed by atoms with Crippen molar-refractivity contribution in [1.82, 2.24) is 15.1 Å². The fourth-order valence-corrected chi connectivity index (χ4v) is 2.97. The van der Waals surface area contributed by atoms with Gasteiger partial charge in [0.1, 0.15) is 5.78 Å². The predicted molar refractivity (Wildman–Crippen MR) is 64.6 cm³/mol. The Bertz CT molecular complexity index is 418. The molecule has 1 aromatic heterocycles. The van der Waals surface area contributed by atoms with Gasteiger partial charge in [-0.2, -0.15) is 5.10 Å². The number of aromatic nitrogens is 2. The number of nitrogens with zero attached hydrogens (tertiary/aromatic N) is 2. The van der Waals surface area contributed by atoms with Gasteiger partial charge in [-0.05, 0) is 12.8 Å². The number of hydrogen-bond donors (Lipinski definition) is 1. The fourth-order valence-electron chi connectivity index (χ4n) is 2.97. The largest absolute Gasteiger partial charge is 0.309 e. The van der Waals surface area contributed by atoms with E-state index in [-0.39, 0.29) is 0 Å². The lowest BCUT2D eigenvalue weighted by molar-refractivity contribution is -0.122. The number of hydrogen-bond acceptors (Lipinski definition) is 3. The van der Waals surface area contributed by atoms with Crippen LogP contribution in [-0.2, 0) is 24.3 Å². The topological polar surface area (TPSA) is 46.9 Å². The smallest absolute Gasteiger partial charge is 0.140 e. The molecule has 0 radical (unpaired) electrons. The van der Waals surface area contributed by atoms with E-state index in [4.69, 9.17) is 0 Å². The maximum atomic E-state index is 12.1. The third kappa shape index (κ3) is 2.14. The molecular formula is C13H19N3O. The highest BCUT2D eigenvalue weighted by Crippen LogP contribution is 2.27. The van der Waals surface area contributed by atoms with Gasteiger partial charge in [0.2, 0.25) is 0 Å². The number of Topliss-reactive ketones (excluding diaryl/α,β-unsaturated/α-hetero) is 1. The van der Waals surface area contributed by atoms with E-state index in [0.29, 0.717) is 18.1 Å². The van der Waals surface area contributed by atoms with Crippen molar-refractivity contribution < 1.29 is 4.79 Å². The zero-order chi connectivity index (χ0) is 11.7. The Morgan fingerprint density at radius 2 is 2.29 bits per heavy atom. The van der Waals surface area contributed by atoms with Gasteiger partial charge >= 0.3 is 0 Å². The minimum absolute atomic E-state index is 0.321. The Balaban J connectivity index is 1.72. The van der Waals surface area contributed by atoms with Crippen LogP contribution < -0.4 is 5.32 Å². The number of ketones is 1. The van der Waals surface area contributed by atoms with E-state index < -0.39 is 0 Å². The minimum atomic E-state index is 0.321. The van der Waals surface area contributed by atoms with Crippen molar-refractivity contribution in [3.8, 4) is 0 Å². The highest BCUT2D eigenvalue weighted by Gasteiger charge is 2.24. The summed E-state index contributed by atoms with van der Waals surface area (Å²) >= 11 is 0. The average molecular weight is 233 g/mol. The molecule has 92 valence electrons. The average Bonchev–Trinajstić information content (AvgIpc) is 2.98. The SMILES string of the molecule is O=C(Cc1cnn2c1CNCC2)C1CCCC1. The van der Waals surface area contributed by atoms with E-state index >= 15 is 0 Å². The van der Waals surface area contributed by atoms with E-state index in [1.165, 1.54) is 18.5 Å².